The summed E-state index contributed by atoms with van der Waals surface area (Å²) in [6.07, 6.45) is 1.17. The first kappa shape index (κ1) is 15.6. The van der Waals surface area contributed by atoms with Gasteiger partial charge >= 0.3 is 0 Å². The summed E-state index contributed by atoms with van der Waals surface area (Å²) in [6.45, 7) is 7.65. The van der Waals surface area contributed by atoms with Gasteiger partial charge in [0.05, 0.1) is 4.21 Å². The largest absolute Gasteiger partial charge is 0.309 e. The van der Waals surface area contributed by atoms with Gasteiger partial charge < -0.3 is 5.32 Å². The molecule has 0 bridgehead atoms. The van der Waals surface area contributed by atoms with Gasteiger partial charge in [-0.15, -0.1) is 23.1 Å². The van der Waals surface area contributed by atoms with Crippen LogP contribution in [0.4, 0.5) is 0 Å². The van der Waals surface area contributed by atoms with Crippen molar-refractivity contribution in [2.45, 2.75) is 37.4 Å². The number of thioether (sulfide) groups is 1. The minimum Gasteiger partial charge on any atom is -0.309 e. The highest BCUT2D eigenvalue weighted by Gasteiger charge is 2.12. The summed E-state index contributed by atoms with van der Waals surface area (Å²) in [4.78, 5) is 0. The molecule has 0 aliphatic heterocycles. The van der Waals surface area contributed by atoms with Crippen LogP contribution in [0.2, 0.25) is 0 Å². The van der Waals surface area contributed by atoms with Crippen molar-refractivity contribution >= 4 is 23.1 Å². The van der Waals surface area contributed by atoms with Gasteiger partial charge in [0.25, 0.3) is 0 Å². The van der Waals surface area contributed by atoms with Crippen LogP contribution in [0, 0.1) is 13.8 Å². The highest BCUT2D eigenvalue weighted by atomic mass is 32.2. The Morgan fingerprint density at radius 2 is 1.95 bits per heavy atom. The maximum absolute atomic E-state index is 3.69. The second-order valence-corrected chi connectivity index (χ2v) is 7.44. The van der Waals surface area contributed by atoms with Crippen LogP contribution in [0.3, 0.4) is 0 Å². The molecule has 1 N–H and O–H groups in total. The second-order valence-electron chi connectivity index (χ2n) is 5.17. The Kier molecular flexibility index (Phi) is 6.14. The van der Waals surface area contributed by atoms with Crippen molar-refractivity contribution in [3.8, 4) is 0 Å². The summed E-state index contributed by atoms with van der Waals surface area (Å²) in [5.74, 6) is 1.09. The number of aryl methyl sites for hydroxylation is 2. The fourth-order valence-electron chi connectivity index (χ4n) is 2.31. The van der Waals surface area contributed by atoms with E-state index in [9.17, 15) is 0 Å². The van der Waals surface area contributed by atoms with Crippen LogP contribution in [-0.4, -0.2) is 12.3 Å². The Morgan fingerprint density at radius 1 is 1.20 bits per heavy atom. The average molecular weight is 306 g/mol. The fraction of sp³-hybridized carbons (Fsp3) is 0.412. The van der Waals surface area contributed by atoms with Crippen LogP contribution in [-0.2, 0) is 0 Å². The summed E-state index contributed by atoms with van der Waals surface area (Å²) < 4.78 is 1.40. The predicted molar refractivity (Wildman–Crippen MR) is 92.0 cm³/mol. The smallest absolute Gasteiger partial charge is 0.0599 e. The number of hydrogen-bond donors (Lipinski definition) is 1. The van der Waals surface area contributed by atoms with Crippen LogP contribution in [0.25, 0.3) is 0 Å². The molecule has 3 heteroatoms. The Morgan fingerprint density at radius 3 is 2.55 bits per heavy atom. The highest BCUT2D eigenvalue weighted by Crippen LogP contribution is 2.29. The van der Waals surface area contributed by atoms with Gasteiger partial charge in [-0.05, 0) is 43.8 Å². The lowest BCUT2D eigenvalue weighted by atomic mass is 10.0. The lowest BCUT2D eigenvalue weighted by Crippen LogP contribution is -2.24. The molecule has 108 valence electrons. The molecule has 0 saturated carbocycles. The fourth-order valence-corrected chi connectivity index (χ4v) is 4.22. The maximum Gasteiger partial charge on any atom is 0.0599 e. The quantitative estimate of drug-likeness (QED) is 0.706. The van der Waals surface area contributed by atoms with E-state index >= 15 is 0 Å². The molecular formula is C17H23NS2. The topological polar surface area (TPSA) is 12.0 Å². The van der Waals surface area contributed by atoms with E-state index < -0.39 is 0 Å². The van der Waals surface area contributed by atoms with E-state index in [-0.39, 0.29) is 0 Å². The second kappa shape index (κ2) is 7.87. The molecule has 1 aromatic carbocycles. The zero-order chi connectivity index (χ0) is 14.4. The average Bonchev–Trinajstić information content (AvgIpc) is 2.91. The molecule has 0 aliphatic carbocycles. The number of thiophene rings is 1. The SMILES string of the molecule is CCCNC(CSc1cccs1)c1cc(C)cc(C)c1. The first-order valence-corrected chi connectivity index (χ1v) is 9.03. The van der Waals surface area contributed by atoms with E-state index in [4.69, 9.17) is 0 Å². The molecule has 1 aromatic heterocycles. The predicted octanol–water partition coefficient (Wildman–Crippen LogP) is 5.20. The van der Waals surface area contributed by atoms with Crippen LogP contribution in [0.1, 0.15) is 36.1 Å². The molecule has 2 rings (SSSR count). The summed E-state index contributed by atoms with van der Waals surface area (Å²) in [5, 5.41) is 5.83. The Balaban J connectivity index is 2.09. The molecule has 0 fully saturated rings. The number of rotatable bonds is 7. The summed E-state index contributed by atoms with van der Waals surface area (Å²) >= 11 is 3.77. The molecule has 0 saturated heterocycles. The van der Waals surface area contributed by atoms with Crippen molar-refractivity contribution in [3.63, 3.8) is 0 Å². The molecule has 1 heterocycles. The third-order valence-corrected chi connectivity index (χ3v) is 5.40. The minimum atomic E-state index is 0.431. The van der Waals surface area contributed by atoms with Gasteiger partial charge in [-0.3, -0.25) is 0 Å². The molecule has 0 spiro atoms. The van der Waals surface area contributed by atoms with E-state index in [2.05, 4.69) is 61.8 Å². The Hall–Kier alpha value is -0.770. The third-order valence-electron chi connectivity index (χ3n) is 3.17. The first-order chi connectivity index (χ1) is 9.69. The van der Waals surface area contributed by atoms with Crippen molar-refractivity contribution < 1.29 is 0 Å². The normalized spacial score (nSPS) is 12.6. The van der Waals surface area contributed by atoms with Crippen molar-refractivity contribution in [1.29, 1.82) is 0 Å². The zero-order valence-electron chi connectivity index (χ0n) is 12.5. The number of benzene rings is 1. The zero-order valence-corrected chi connectivity index (χ0v) is 14.1. The van der Waals surface area contributed by atoms with Crippen LogP contribution < -0.4 is 5.32 Å². The van der Waals surface area contributed by atoms with E-state index in [0.29, 0.717) is 6.04 Å². The Labute approximate surface area is 130 Å². The molecular weight excluding hydrogens is 282 g/mol. The van der Waals surface area contributed by atoms with Gasteiger partial charge in [-0.1, -0.05) is 42.3 Å². The molecule has 0 radical (unpaired) electrons. The summed E-state index contributed by atoms with van der Waals surface area (Å²) in [5.41, 5.74) is 4.12. The number of hydrogen-bond acceptors (Lipinski definition) is 3. The van der Waals surface area contributed by atoms with Crippen molar-refractivity contribution in [2.24, 2.45) is 0 Å². The van der Waals surface area contributed by atoms with Gasteiger partial charge in [0, 0.05) is 11.8 Å². The molecule has 1 unspecified atom stereocenters. The minimum absolute atomic E-state index is 0.431. The van der Waals surface area contributed by atoms with Crippen molar-refractivity contribution in [3.05, 3.63) is 52.4 Å². The maximum atomic E-state index is 3.69. The molecule has 2 aromatic rings. The lowest BCUT2D eigenvalue weighted by molar-refractivity contribution is 0.577. The van der Waals surface area contributed by atoms with Gasteiger partial charge in [-0.2, -0.15) is 0 Å². The molecule has 20 heavy (non-hydrogen) atoms. The van der Waals surface area contributed by atoms with Crippen molar-refractivity contribution in [2.75, 3.05) is 12.3 Å². The number of nitrogens with one attached hydrogen (secondary N) is 1. The van der Waals surface area contributed by atoms with Crippen molar-refractivity contribution in [1.82, 2.24) is 5.32 Å². The van der Waals surface area contributed by atoms with Gasteiger partial charge in [0.15, 0.2) is 0 Å². The lowest BCUT2D eigenvalue weighted by Gasteiger charge is -2.19. The van der Waals surface area contributed by atoms with Gasteiger partial charge in [-0.25, -0.2) is 0 Å². The standard InChI is InChI=1S/C17H23NS2/c1-4-7-18-16(12-20-17-6-5-8-19-17)15-10-13(2)9-14(3)11-15/h5-6,8-11,16,18H,4,7,12H2,1-3H3. The molecule has 0 aliphatic rings. The van der Waals surface area contributed by atoms with E-state index in [1.54, 1.807) is 0 Å². The first-order valence-electron chi connectivity index (χ1n) is 7.17. The Bertz CT molecular complexity index is 500. The molecule has 0 amide bonds. The summed E-state index contributed by atoms with van der Waals surface area (Å²) in [6, 6.07) is 11.6. The van der Waals surface area contributed by atoms with Crippen LogP contribution in [0.15, 0.2) is 39.9 Å². The van der Waals surface area contributed by atoms with Gasteiger partial charge in [0.2, 0.25) is 0 Å². The monoisotopic (exact) mass is 305 g/mol. The van der Waals surface area contributed by atoms with Crippen LogP contribution >= 0.6 is 23.1 Å². The van der Waals surface area contributed by atoms with Gasteiger partial charge in [0.1, 0.15) is 0 Å². The molecule has 1 nitrogen and oxygen atoms in total. The summed E-state index contributed by atoms with van der Waals surface area (Å²) in [7, 11) is 0. The van der Waals surface area contributed by atoms with E-state index in [1.807, 2.05) is 23.1 Å². The third kappa shape index (κ3) is 4.65. The van der Waals surface area contributed by atoms with Crippen LogP contribution in [0.5, 0.6) is 0 Å². The highest BCUT2D eigenvalue weighted by molar-refractivity contribution is 8.01. The van der Waals surface area contributed by atoms with E-state index in [1.165, 1.54) is 27.3 Å². The molecule has 1 atom stereocenters. The van der Waals surface area contributed by atoms with E-state index in [0.717, 1.165) is 12.3 Å².